The maximum absolute atomic E-state index is 5.57. The van der Waals surface area contributed by atoms with Crippen molar-refractivity contribution in [1.82, 2.24) is 14.9 Å². The molecule has 1 fully saturated rings. The van der Waals surface area contributed by atoms with Crippen LogP contribution in [0.15, 0.2) is 12.4 Å². The molecule has 0 amide bonds. The van der Waals surface area contributed by atoms with E-state index in [1.807, 2.05) is 0 Å². The van der Waals surface area contributed by atoms with Crippen LogP contribution in [0.5, 0.6) is 0 Å². The first-order valence-corrected chi connectivity index (χ1v) is 5.95. The first kappa shape index (κ1) is 12.3. The molecular formula is C12H20N4O. The van der Waals surface area contributed by atoms with Gasteiger partial charge >= 0.3 is 0 Å². The van der Waals surface area contributed by atoms with E-state index in [0.29, 0.717) is 5.82 Å². The maximum Gasteiger partial charge on any atom is 0.141 e. The lowest BCUT2D eigenvalue weighted by atomic mass is 9.95. The average molecular weight is 236 g/mol. The maximum atomic E-state index is 5.57. The number of nitrogens with two attached hydrogens (primary N) is 1. The van der Waals surface area contributed by atoms with E-state index in [1.54, 1.807) is 19.5 Å². The number of hydrogen-bond donors (Lipinski definition) is 1. The van der Waals surface area contributed by atoms with Crippen molar-refractivity contribution in [2.75, 3.05) is 25.9 Å². The Bertz CT molecular complexity index is 367. The molecule has 1 saturated heterocycles. The molecule has 0 radical (unpaired) electrons. The van der Waals surface area contributed by atoms with Crippen LogP contribution in [-0.2, 0) is 11.3 Å². The minimum absolute atomic E-state index is 0.0283. The smallest absolute Gasteiger partial charge is 0.141 e. The number of likely N-dealkylation sites (tertiary alicyclic amines) is 1. The van der Waals surface area contributed by atoms with E-state index in [-0.39, 0.29) is 5.60 Å². The Balaban J connectivity index is 1.97. The van der Waals surface area contributed by atoms with Crippen LogP contribution >= 0.6 is 0 Å². The minimum Gasteiger partial charge on any atom is -0.382 e. The van der Waals surface area contributed by atoms with Gasteiger partial charge in [0.05, 0.1) is 23.7 Å². The first-order chi connectivity index (χ1) is 8.11. The van der Waals surface area contributed by atoms with Crippen molar-refractivity contribution in [3.05, 3.63) is 18.1 Å². The van der Waals surface area contributed by atoms with Gasteiger partial charge in [0.1, 0.15) is 5.82 Å². The third-order valence-electron chi connectivity index (χ3n) is 3.34. The lowest BCUT2D eigenvalue weighted by Gasteiger charge is -2.39. The molecule has 2 rings (SSSR count). The molecule has 94 valence electrons. The zero-order valence-electron chi connectivity index (χ0n) is 10.5. The van der Waals surface area contributed by atoms with Crippen LogP contribution in [-0.4, -0.2) is 40.7 Å². The van der Waals surface area contributed by atoms with E-state index < -0.39 is 0 Å². The molecule has 0 bridgehead atoms. The van der Waals surface area contributed by atoms with Gasteiger partial charge in [0.15, 0.2) is 0 Å². The van der Waals surface area contributed by atoms with Gasteiger partial charge in [-0.2, -0.15) is 0 Å². The summed E-state index contributed by atoms with van der Waals surface area (Å²) in [5.41, 5.74) is 6.45. The van der Waals surface area contributed by atoms with Gasteiger partial charge in [0, 0.05) is 20.2 Å². The molecule has 1 aliphatic heterocycles. The second-order valence-corrected chi connectivity index (χ2v) is 4.90. The van der Waals surface area contributed by atoms with E-state index in [1.165, 1.54) is 0 Å². The van der Waals surface area contributed by atoms with Crippen LogP contribution in [0.2, 0.25) is 0 Å². The molecule has 2 heterocycles. The van der Waals surface area contributed by atoms with E-state index in [2.05, 4.69) is 21.8 Å². The normalized spacial score (nSPS) is 26.0. The number of piperidine rings is 1. The lowest BCUT2D eigenvalue weighted by molar-refractivity contribution is -0.0529. The molecule has 1 atom stereocenters. The highest BCUT2D eigenvalue weighted by atomic mass is 16.5. The van der Waals surface area contributed by atoms with E-state index in [4.69, 9.17) is 10.5 Å². The molecule has 1 aliphatic rings. The number of ether oxygens (including phenoxy) is 1. The van der Waals surface area contributed by atoms with Crippen molar-refractivity contribution in [2.24, 2.45) is 0 Å². The number of anilines is 1. The summed E-state index contributed by atoms with van der Waals surface area (Å²) < 4.78 is 5.57. The van der Waals surface area contributed by atoms with Gasteiger partial charge in [-0.3, -0.25) is 9.88 Å². The molecule has 0 aromatic carbocycles. The third kappa shape index (κ3) is 3.14. The fourth-order valence-corrected chi connectivity index (χ4v) is 2.28. The van der Waals surface area contributed by atoms with Crippen LogP contribution < -0.4 is 5.73 Å². The number of methoxy groups -OCH3 is 1. The molecule has 5 heteroatoms. The van der Waals surface area contributed by atoms with E-state index in [0.717, 1.165) is 38.2 Å². The Morgan fingerprint density at radius 3 is 2.94 bits per heavy atom. The molecule has 1 unspecified atom stereocenters. The van der Waals surface area contributed by atoms with Gasteiger partial charge in [-0.1, -0.05) is 0 Å². The van der Waals surface area contributed by atoms with Gasteiger partial charge in [-0.15, -0.1) is 0 Å². The Labute approximate surface area is 102 Å². The van der Waals surface area contributed by atoms with Crippen molar-refractivity contribution >= 4 is 5.82 Å². The topological polar surface area (TPSA) is 64.3 Å². The second-order valence-electron chi connectivity index (χ2n) is 4.90. The largest absolute Gasteiger partial charge is 0.382 e. The van der Waals surface area contributed by atoms with E-state index in [9.17, 15) is 0 Å². The summed E-state index contributed by atoms with van der Waals surface area (Å²) in [4.78, 5) is 10.7. The zero-order chi connectivity index (χ0) is 12.3. The van der Waals surface area contributed by atoms with Crippen molar-refractivity contribution in [3.63, 3.8) is 0 Å². The van der Waals surface area contributed by atoms with Gasteiger partial charge < -0.3 is 10.5 Å². The number of nitrogen functional groups attached to an aromatic ring is 1. The van der Waals surface area contributed by atoms with E-state index >= 15 is 0 Å². The predicted octanol–water partition coefficient (Wildman–Crippen LogP) is 1.06. The molecular weight excluding hydrogens is 216 g/mol. The summed E-state index contributed by atoms with van der Waals surface area (Å²) in [6.07, 6.45) is 5.63. The van der Waals surface area contributed by atoms with Crippen LogP contribution in [0.3, 0.4) is 0 Å². The van der Waals surface area contributed by atoms with Crippen LogP contribution in [0.25, 0.3) is 0 Å². The molecule has 0 saturated carbocycles. The van der Waals surface area contributed by atoms with Crippen LogP contribution in [0, 0.1) is 0 Å². The summed E-state index contributed by atoms with van der Waals surface area (Å²) in [5, 5.41) is 0. The minimum atomic E-state index is -0.0283. The number of rotatable bonds is 3. The Kier molecular flexibility index (Phi) is 3.59. The zero-order valence-corrected chi connectivity index (χ0v) is 10.5. The SMILES string of the molecule is COC1(C)CCCN(Cc2cnc(N)cn2)C1. The van der Waals surface area contributed by atoms with Crippen molar-refractivity contribution < 1.29 is 4.74 Å². The third-order valence-corrected chi connectivity index (χ3v) is 3.34. The second kappa shape index (κ2) is 4.98. The van der Waals surface area contributed by atoms with Crippen molar-refractivity contribution in [2.45, 2.75) is 31.9 Å². The van der Waals surface area contributed by atoms with Gasteiger partial charge in [0.25, 0.3) is 0 Å². The predicted molar refractivity (Wildman–Crippen MR) is 66.4 cm³/mol. The Morgan fingerprint density at radius 1 is 1.47 bits per heavy atom. The molecule has 5 nitrogen and oxygen atoms in total. The summed E-state index contributed by atoms with van der Waals surface area (Å²) in [5.74, 6) is 0.467. The van der Waals surface area contributed by atoms with Crippen molar-refractivity contribution in [3.8, 4) is 0 Å². The number of aromatic nitrogens is 2. The highest BCUT2D eigenvalue weighted by molar-refractivity contribution is 5.22. The average Bonchev–Trinajstić information content (AvgIpc) is 2.32. The quantitative estimate of drug-likeness (QED) is 0.850. The highest BCUT2D eigenvalue weighted by Gasteiger charge is 2.30. The fourth-order valence-electron chi connectivity index (χ4n) is 2.28. The monoisotopic (exact) mass is 236 g/mol. The number of hydrogen-bond acceptors (Lipinski definition) is 5. The van der Waals surface area contributed by atoms with Gasteiger partial charge in [-0.05, 0) is 26.3 Å². The summed E-state index contributed by atoms with van der Waals surface area (Å²) >= 11 is 0. The lowest BCUT2D eigenvalue weighted by Crippen LogP contribution is -2.46. The summed E-state index contributed by atoms with van der Waals surface area (Å²) in [7, 11) is 1.78. The van der Waals surface area contributed by atoms with Crippen LogP contribution in [0.4, 0.5) is 5.82 Å². The Morgan fingerprint density at radius 2 is 2.29 bits per heavy atom. The first-order valence-electron chi connectivity index (χ1n) is 5.95. The van der Waals surface area contributed by atoms with Gasteiger partial charge in [0.2, 0.25) is 0 Å². The highest BCUT2D eigenvalue weighted by Crippen LogP contribution is 2.24. The number of nitrogens with zero attached hydrogens (tertiary/aromatic N) is 3. The van der Waals surface area contributed by atoms with Crippen molar-refractivity contribution in [1.29, 1.82) is 0 Å². The molecule has 1 aromatic heterocycles. The van der Waals surface area contributed by atoms with Gasteiger partial charge in [-0.25, -0.2) is 4.98 Å². The molecule has 2 N–H and O–H groups in total. The van der Waals surface area contributed by atoms with Crippen LogP contribution in [0.1, 0.15) is 25.5 Å². The standard InChI is InChI=1S/C12H20N4O/c1-12(17-2)4-3-5-16(9-12)8-10-6-15-11(13)7-14-10/h6-7H,3-5,8-9H2,1-2H3,(H2,13,15). The summed E-state index contributed by atoms with van der Waals surface area (Å²) in [6.45, 7) is 5.00. The fraction of sp³-hybridized carbons (Fsp3) is 0.667. The Hall–Kier alpha value is -1.20. The molecule has 17 heavy (non-hydrogen) atoms. The summed E-state index contributed by atoms with van der Waals surface area (Å²) in [6, 6.07) is 0. The molecule has 0 aliphatic carbocycles. The molecule has 0 spiro atoms. The molecule has 1 aromatic rings.